The first kappa shape index (κ1) is 59.3. The van der Waals surface area contributed by atoms with Crippen molar-refractivity contribution in [2.75, 3.05) is 31.6 Å². The molecule has 4 aromatic carbocycles. The molecule has 1 saturated heterocycles. The molecule has 6 aromatic rings. The van der Waals surface area contributed by atoms with E-state index in [1.54, 1.807) is 19.2 Å². The number of carbonyl (C=O) groups is 4. The molecule has 416 valence electrons. The molecule has 18 heteroatoms. The molecule has 2 aromatic heterocycles. The predicted molar refractivity (Wildman–Crippen MR) is 335 cm³/mol. The normalized spacial score (nSPS) is 15.3. The van der Waals surface area contributed by atoms with Crippen molar-refractivity contribution in [2.24, 2.45) is 0 Å². The molecule has 2 amide bonds. The lowest BCUT2D eigenvalue weighted by Gasteiger charge is -2.27. The van der Waals surface area contributed by atoms with E-state index < -0.39 is 42.1 Å². The molecule has 80 heavy (non-hydrogen) atoms. The maximum atomic E-state index is 14.2. The van der Waals surface area contributed by atoms with Gasteiger partial charge in [0.15, 0.2) is 0 Å². The van der Waals surface area contributed by atoms with Gasteiger partial charge in [0.05, 0.1) is 9.06 Å². The Bertz CT molecular complexity index is 3780. The largest absolute Gasteiger partial charge is 0.480 e. The maximum Gasteiger partial charge on any atom is 0.323 e. The van der Waals surface area contributed by atoms with Crippen LogP contribution >= 0.6 is 59.3 Å². The van der Waals surface area contributed by atoms with Gasteiger partial charge in [-0.05, 0) is 126 Å². The number of carbonyl (C=O) groups excluding carboxylic acids is 2. The lowest BCUT2D eigenvalue weighted by molar-refractivity contribution is -0.138. The molecule has 2 N–H and O–H groups in total. The van der Waals surface area contributed by atoms with Crippen molar-refractivity contribution in [2.45, 2.75) is 98.1 Å². The van der Waals surface area contributed by atoms with Gasteiger partial charge >= 0.3 is 11.9 Å². The molecule has 4 heterocycles. The quantitative estimate of drug-likeness (QED) is 0.0257. The Morgan fingerprint density at radius 1 is 0.662 bits per heavy atom. The van der Waals surface area contributed by atoms with Crippen LogP contribution in [0, 0.1) is 0 Å². The molecule has 0 bridgehead atoms. The zero-order valence-electron chi connectivity index (χ0n) is 45.3. The number of allylic oxidation sites excluding steroid dienone is 2. The third kappa shape index (κ3) is 14.0. The van der Waals surface area contributed by atoms with Gasteiger partial charge in [0, 0.05) is 38.1 Å². The second-order valence-corrected chi connectivity index (χ2v) is 23.8. The van der Waals surface area contributed by atoms with Crippen LogP contribution in [0.15, 0.2) is 107 Å². The highest BCUT2D eigenvalue weighted by Crippen LogP contribution is 2.39. The number of thiocarbonyl (C=S) groups is 1. The molecule has 0 saturated carbocycles. The Kier molecular flexibility index (Phi) is 20.4. The second-order valence-electron chi connectivity index (χ2n) is 19.7. The standard InChI is InChI=1S/C62H65N5O8S5/c1-5-8-9-10-11-12-13-20-31-65-48-29-25-40(34-46(42-21-16-14-17-22-42)36-50-56(72)66(38-52(68)69)60(78-50)54(76)58(74)63(4)6-2)32-44(48)27-28-45-33-41(26-30-49(45)65)35-47(43-23-18-15-19-24-43)37-51-57(73)67(39-53(70)71)61(79-51)55-59(75)64(7-3)62(77)80-55/h14-19,21-26,29-30,32-37,76H,5-13,20,27-28,31,38-39H2,1-4H3,(H,68,69)(H,70,71)/b46-34+,47-35+,50-36-,51-37-,60-54+,61-55+. The first-order valence-electron chi connectivity index (χ1n) is 27.0. The highest BCUT2D eigenvalue weighted by molar-refractivity contribution is 8.30. The van der Waals surface area contributed by atoms with Crippen LogP contribution in [-0.2, 0) is 45.1 Å². The van der Waals surface area contributed by atoms with E-state index in [1.807, 2.05) is 86.7 Å². The highest BCUT2D eigenvalue weighted by atomic mass is 32.2. The number of thioether (sulfide) groups is 1. The minimum absolute atomic E-state index is 0.00593. The molecule has 1 fully saturated rings. The fraction of sp³-hybridized carbons (Fsp3) is 0.306. The van der Waals surface area contributed by atoms with Crippen molar-refractivity contribution in [3.8, 4) is 0 Å². The van der Waals surface area contributed by atoms with Crippen LogP contribution in [0.2, 0.25) is 0 Å². The van der Waals surface area contributed by atoms with Gasteiger partial charge in [0.2, 0.25) is 0 Å². The van der Waals surface area contributed by atoms with Crippen molar-refractivity contribution >= 4 is 144 Å². The lowest BCUT2D eigenvalue weighted by Crippen LogP contribution is -2.36. The van der Waals surface area contributed by atoms with Gasteiger partial charge in [-0.15, -0.1) is 35.3 Å². The number of carboxylic acid groups (broad SMARTS) is 2. The van der Waals surface area contributed by atoms with Crippen LogP contribution in [-0.4, -0.2) is 83.9 Å². The average Bonchev–Trinajstić information content (AvgIpc) is 3.99. The van der Waals surface area contributed by atoms with Crippen LogP contribution in [0.4, 0.5) is 11.4 Å². The smallest absolute Gasteiger partial charge is 0.323 e. The van der Waals surface area contributed by atoms with Crippen molar-refractivity contribution in [3.05, 3.63) is 170 Å². The monoisotopic (exact) mass is 1170 g/mol. The molecular formula is C62H65N5O8S5. The third-order valence-electron chi connectivity index (χ3n) is 14.1. The molecule has 0 spiro atoms. The topological polar surface area (TPSA) is 162 Å². The number of hydrogen-bond acceptors (Lipinski definition) is 12. The summed E-state index contributed by atoms with van der Waals surface area (Å²) in [4.78, 5) is 84.8. The summed E-state index contributed by atoms with van der Waals surface area (Å²) in [6, 6.07) is 32.4. The van der Waals surface area contributed by atoms with E-state index in [1.165, 1.54) is 48.3 Å². The minimum Gasteiger partial charge on any atom is -0.480 e. The Labute approximate surface area is 488 Å². The van der Waals surface area contributed by atoms with Crippen molar-refractivity contribution < 1.29 is 29.4 Å². The summed E-state index contributed by atoms with van der Waals surface area (Å²) in [7, 11) is 1.62. The van der Waals surface area contributed by atoms with E-state index in [9.17, 15) is 39.0 Å². The number of thiazole rings is 2. The molecule has 0 aliphatic carbocycles. The van der Waals surface area contributed by atoms with Gasteiger partial charge in [-0.1, -0.05) is 149 Å². The Hall–Kier alpha value is -6.83. The average molecular weight is 1170 g/mol. The Morgan fingerprint density at radius 2 is 1.16 bits per heavy atom. The van der Waals surface area contributed by atoms with Crippen LogP contribution in [0.1, 0.15) is 106 Å². The summed E-state index contributed by atoms with van der Waals surface area (Å²) in [5.74, 6) is -3.20. The van der Waals surface area contributed by atoms with Gasteiger partial charge in [-0.2, -0.15) is 0 Å². The number of carboxylic acids is 2. The van der Waals surface area contributed by atoms with E-state index >= 15 is 0 Å². The number of thiol groups is 1. The second kappa shape index (κ2) is 27.6. The third-order valence-corrected chi connectivity index (χ3v) is 18.5. The number of amides is 2. The SMILES string of the molecule is CCCCCCCCCCN1c2ccc(/C=C(\C=c3/s/c(=C(/S)C(=O)N(C)CC)n(CC(=O)O)c3=O)c3ccccc3)cc2CCc2cc(/C=C(\C=c3/s/c(=C4/SC(=S)N(CC)C4=O)n(CC(=O)O)c3=O)c3ccccc3)ccc21. The van der Waals surface area contributed by atoms with Crippen LogP contribution in [0.3, 0.4) is 0 Å². The van der Waals surface area contributed by atoms with E-state index in [-0.39, 0.29) is 34.1 Å². The van der Waals surface area contributed by atoms with Crippen molar-refractivity contribution in [1.29, 1.82) is 0 Å². The maximum absolute atomic E-state index is 14.2. The van der Waals surface area contributed by atoms with Gasteiger partial charge in [0.25, 0.3) is 22.9 Å². The van der Waals surface area contributed by atoms with E-state index in [0.717, 1.165) is 132 Å². The summed E-state index contributed by atoms with van der Waals surface area (Å²) in [5, 5.41) is 19.7. The van der Waals surface area contributed by atoms with Crippen molar-refractivity contribution in [3.63, 3.8) is 0 Å². The minimum atomic E-state index is -1.22. The first-order chi connectivity index (χ1) is 38.6. The number of nitrogens with zero attached hydrogens (tertiary/aromatic N) is 5. The number of hydrogen-bond donors (Lipinski definition) is 3. The van der Waals surface area contributed by atoms with Gasteiger partial charge in [-0.25, -0.2) is 0 Å². The van der Waals surface area contributed by atoms with Crippen molar-refractivity contribution in [1.82, 2.24) is 18.9 Å². The van der Waals surface area contributed by atoms with Gasteiger partial charge < -0.3 is 20.0 Å². The molecule has 2 aliphatic heterocycles. The van der Waals surface area contributed by atoms with Crippen LogP contribution < -0.4 is 34.4 Å². The summed E-state index contributed by atoms with van der Waals surface area (Å²) in [6.45, 7) is 6.17. The van der Waals surface area contributed by atoms with Crippen LogP contribution in [0.5, 0.6) is 0 Å². The number of benzene rings is 4. The molecular weight excluding hydrogens is 1100 g/mol. The number of aryl methyl sites for hydroxylation is 2. The predicted octanol–water partition coefficient (Wildman–Crippen LogP) is 9.23. The summed E-state index contributed by atoms with van der Waals surface area (Å²) in [6.07, 6.45) is 18.5. The Balaban J connectivity index is 1.21. The highest BCUT2D eigenvalue weighted by Gasteiger charge is 2.33. The van der Waals surface area contributed by atoms with Gasteiger partial charge in [-0.3, -0.25) is 42.8 Å². The molecule has 13 nitrogen and oxygen atoms in total. The molecule has 8 rings (SSSR count). The van der Waals surface area contributed by atoms with E-state index in [0.29, 0.717) is 17.4 Å². The number of fused-ring (bicyclic) bond motifs is 2. The zero-order valence-corrected chi connectivity index (χ0v) is 49.5. The van der Waals surface area contributed by atoms with Gasteiger partial charge in [0.1, 0.15) is 36.5 Å². The molecule has 2 aliphatic rings. The summed E-state index contributed by atoms with van der Waals surface area (Å²) >= 11 is 13.2. The number of aromatic nitrogens is 2. The molecule has 0 unspecified atom stereocenters. The summed E-state index contributed by atoms with van der Waals surface area (Å²) < 4.78 is 3.58. The number of rotatable bonds is 22. The molecule has 0 radical (unpaired) electrons. The van der Waals surface area contributed by atoms with Crippen LogP contribution in [0.25, 0.3) is 45.3 Å². The number of unbranched alkanes of at least 4 members (excludes halogenated alkanes) is 7. The summed E-state index contributed by atoms with van der Waals surface area (Å²) in [5.41, 5.74) is 8.45. The lowest BCUT2D eigenvalue weighted by atomic mass is 9.98. The van der Waals surface area contributed by atoms with E-state index in [4.69, 9.17) is 12.2 Å². The molecule has 0 atom stereocenters. The Morgan fingerprint density at radius 3 is 1.66 bits per heavy atom. The zero-order chi connectivity index (χ0) is 57.0. The fourth-order valence-corrected chi connectivity index (χ4v) is 13.9. The first-order valence-corrected chi connectivity index (χ1v) is 30.3. The fourth-order valence-electron chi connectivity index (χ4n) is 9.84. The van der Waals surface area contributed by atoms with E-state index in [2.05, 4.69) is 60.9 Å². The number of anilines is 2. The number of aliphatic carboxylic acids is 2.